The minimum atomic E-state index is -0.477. The minimum absolute atomic E-state index is 0.00438. The van der Waals surface area contributed by atoms with Crippen LogP contribution in [-0.4, -0.2) is 34.6 Å². The van der Waals surface area contributed by atoms with Crippen LogP contribution in [0.15, 0.2) is 34.3 Å². The van der Waals surface area contributed by atoms with Gasteiger partial charge in [-0.15, -0.1) is 0 Å². The van der Waals surface area contributed by atoms with Crippen molar-refractivity contribution >= 4 is 11.0 Å². The van der Waals surface area contributed by atoms with Gasteiger partial charge in [-0.25, -0.2) is 0 Å². The number of phenolic OH excluding ortho intramolecular Hbond substituents is 3. The lowest BCUT2D eigenvalue weighted by Gasteiger charge is -2.11. The Morgan fingerprint density at radius 3 is 2.17 bits per heavy atom. The zero-order valence-corrected chi connectivity index (χ0v) is 16.7. The summed E-state index contributed by atoms with van der Waals surface area (Å²) in [5.74, 6) is 0.0957. The summed E-state index contributed by atoms with van der Waals surface area (Å²) in [6.45, 7) is 3.42. The van der Waals surface area contributed by atoms with E-state index in [0.717, 1.165) is 5.57 Å². The molecule has 0 radical (unpaired) electrons. The van der Waals surface area contributed by atoms with Crippen LogP contribution in [0.3, 0.4) is 0 Å². The third-order valence-corrected chi connectivity index (χ3v) is 4.74. The van der Waals surface area contributed by atoms with E-state index in [2.05, 4.69) is 0 Å². The molecule has 0 saturated carbocycles. The Bertz CT molecular complexity index is 1070. The quantitative estimate of drug-likeness (QED) is 0.458. The summed E-state index contributed by atoms with van der Waals surface area (Å²) in [4.78, 5) is 0. The Kier molecular flexibility index (Phi) is 5.61. The van der Waals surface area contributed by atoms with E-state index in [0.29, 0.717) is 23.1 Å². The fourth-order valence-corrected chi connectivity index (χ4v) is 3.30. The first-order valence-electron chi connectivity index (χ1n) is 9.01. The Balaban J connectivity index is 2.32. The van der Waals surface area contributed by atoms with Crippen LogP contribution in [0, 0.1) is 0 Å². The summed E-state index contributed by atoms with van der Waals surface area (Å²) in [6, 6.07) is 4.26. The lowest BCUT2D eigenvalue weighted by Crippen LogP contribution is -1.94. The first-order chi connectivity index (χ1) is 13.8. The van der Waals surface area contributed by atoms with Crippen molar-refractivity contribution in [3.8, 4) is 40.1 Å². The molecule has 0 spiro atoms. The van der Waals surface area contributed by atoms with Crippen molar-refractivity contribution in [2.75, 3.05) is 14.2 Å². The van der Waals surface area contributed by atoms with Crippen molar-refractivity contribution in [2.45, 2.75) is 26.9 Å². The van der Waals surface area contributed by atoms with Crippen molar-refractivity contribution in [3.05, 3.63) is 41.0 Å². The van der Waals surface area contributed by atoms with E-state index in [-0.39, 0.29) is 45.5 Å². The second kappa shape index (κ2) is 7.97. The van der Waals surface area contributed by atoms with Crippen molar-refractivity contribution < 1.29 is 34.3 Å². The predicted octanol–water partition coefficient (Wildman–Crippen LogP) is 4.23. The molecule has 0 aliphatic carbocycles. The molecule has 0 aliphatic rings. The van der Waals surface area contributed by atoms with E-state index in [4.69, 9.17) is 13.9 Å². The molecule has 4 N–H and O–H groups in total. The molecule has 0 fully saturated rings. The summed E-state index contributed by atoms with van der Waals surface area (Å²) in [6.07, 6.45) is 2.38. The number of methoxy groups -OCH3 is 2. The maximum absolute atomic E-state index is 10.9. The van der Waals surface area contributed by atoms with Gasteiger partial charge in [0.2, 0.25) is 0 Å². The third-order valence-electron chi connectivity index (χ3n) is 4.74. The van der Waals surface area contributed by atoms with Crippen LogP contribution in [0.5, 0.6) is 28.7 Å². The average molecular weight is 400 g/mol. The lowest BCUT2D eigenvalue weighted by atomic mass is 9.99. The topological polar surface area (TPSA) is 113 Å². The molecular weight excluding hydrogens is 376 g/mol. The molecule has 0 amide bonds. The molecular formula is C22H24O7. The number of rotatable bonds is 6. The molecule has 154 valence electrons. The molecule has 3 aromatic rings. The third kappa shape index (κ3) is 3.56. The number of aromatic hydroxyl groups is 3. The summed E-state index contributed by atoms with van der Waals surface area (Å²) >= 11 is 0. The normalized spacial score (nSPS) is 10.9. The molecule has 1 heterocycles. The maximum Gasteiger partial charge on any atom is 0.148 e. The number of benzene rings is 2. The van der Waals surface area contributed by atoms with Gasteiger partial charge in [0.25, 0.3) is 0 Å². The van der Waals surface area contributed by atoms with E-state index in [1.54, 1.807) is 6.07 Å². The van der Waals surface area contributed by atoms with Gasteiger partial charge in [0.05, 0.1) is 26.2 Å². The predicted molar refractivity (Wildman–Crippen MR) is 109 cm³/mol. The van der Waals surface area contributed by atoms with Crippen LogP contribution < -0.4 is 9.47 Å². The molecule has 29 heavy (non-hydrogen) atoms. The highest BCUT2D eigenvalue weighted by Gasteiger charge is 2.26. The summed E-state index contributed by atoms with van der Waals surface area (Å²) in [7, 11) is 2.90. The fourth-order valence-electron chi connectivity index (χ4n) is 3.30. The highest BCUT2D eigenvalue weighted by molar-refractivity contribution is 5.96. The highest BCUT2D eigenvalue weighted by Crippen LogP contribution is 2.48. The van der Waals surface area contributed by atoms with Crippen LogP contribution in [0.2, 0.25) is 0 Å². The second-order valence-electron chi connectivity index (χ2n) is 6.87. The van der Waals surface area contributed by atoms with Crippen LogP contribution >= 0.6 is 0 Å². The Labute approximate surface area is 168 Å². The van der Waals surface area contributed by atoms with Gasteiger partial charge in [0.1, 0.15) is 45.7 Å². The van der Waals surface area contributed by atoms with Gasteiger partial charge >= 0.3 is 0 Å². The van der Waals surface area contributed by atoms with E-state index in [1.807, 2.05) is 19.9 Å². The van der Waals surface area contributed by atoms with E-state index < -0.39 is 6.61 Å². The zero-order valence-electron chi connectivity index (χ0n) is 16.7. The molecule has 0 bridgehead atoms. The highest BCUT2D eigenvalue weighted by atomic mass is 16.5. The van der Waals surface area contributed by atoms with Crippen molar-refractivity contribution in [2.24, 2.45) is 0 Å². The van der Waals surface area contributed by atoms with Gasteiger partial charge < -0.3 is 34.3 Å². The maximum atomic E-state index is 10.9. The number of furan rings is 1. The molecule has 7 nitrogen and oxygen atoms in total. The second-order valence-corrected chi connectivity index (χ2v) is 6.87. The van der Waals surface area contributed by atoms with Crippen LogP contribution in [0.25, 0.3) is 22.3 Å². The lowest BCUT2D eigenvalue weighted by molar-refractivity contribution is 0.282. The van der Waals surface area contributed by atoms with E-state index in [9.17, 15) is 20.4 Å². The fraction of sp³-hybridized carbons (Fsp3) is 0.273. The number of fused-ring (bicyclic) bond motifs is 1. The number of phenols is 3. The SMILES string of the molecule is COc1cc(O)c(-c2oc3cc(OC)c(CC=C(C)C)c(O)c3c2CO)c(O)c1. The molecule has 1 aromatic heterocycles. The number of allylic oxidation sites excluding steroid dienone is 2. The Hall–Kier alpha value is -3.32. The van der Waals surface area contributed by atoms with Gasteiger partial charge in [-0.05, 0) is 20.3 Å². The van der Waals surface area contributed by atoms with Gasteiger partial charge in [-0.1, -0.05) is 11.6 Å². The summed E-state index contributed by atoms with van der Waals surface area (Å²) in [5.41, 5.74) is 2.12. The molecule has 0 unspecified atom stereocenters. The number of hydrogen-bond donors (Lipinski definition) is 4. The van der Waals surface area contributed by atoms with Crippen LogP contribution in [0.4, 0.5) is 0 Å². The largest absolute Gasteiger partial charge is 0.507 e. The van der Waals surface area contributed by atoms with Crippen molar-refractivity contribution in [3.63, 3.8) is 0 Å². The molecule has 7 heteroatoms. The molecule has 0 atom stereocenters. The average Bonchev–Trinajstić information content (AvgIpc) is 3.04. The van der Waals surface area contributed by atoms with Crippen LogP contribution in [0.1, 0.15) is 25.0 Å². The van der Waals surface area contributed by atoms with Gasteiger partial charge in [-0.2, -0.15) is 0 Å². The molecule has 2 aromatic carbocycles. The smallest absolute Gasteiger partial charge is 0.148 e. The van der Waals surface area contributed by atoms with Crippen LogP contribution in [-0.2, 0) is 13.0 Å². The first-order valence-corrected chi connectivity index (χ1v) is 9.01. The minimum Gasteiger partial charge on any atom is -0.507 e. The number of aliphatic hydroxyl groups is 1. The molecule has 0 saturated heterocycles. The Morgan fingerprint density at radius 2 is 1.66 bits per heavy atom. The monoisotopic (exact) mass is 400 g/mol. The van der Waals surface area contributed by atoms with Crippen molar-refractivity contribution in [1.29, 1.82) is 0 Å². The Morgan fingerprint density at radius 1 is 1.00 bits per heavy atom. The number of hydrogen-bond acceptors (Lipinski definition) is 7. The number of aliphatic hydroxyl groups excluding tert-OH is 1. The molecule has 0 aliphatic heterocycles. The zero-order chi connectivity index (χ0) is 21.3. The van der Waals surface area contributed by atoms with E-state index in [1.165, 1.54) is 26.4 Å². The van der Waals surface area contributed by atoms with E-state index >= 15 is 0 Å². The summed E-state index contributed by atoms with van der Waals surface area (Å²) < 4.78 is 16.3. The molecule has 3 rings (SSSR count). The summed E-state index contributed by atoms with van der Waals surface area (Å²) in [5, 5.41) is 42.0. The standard InChI is InChI=1S/C22H24O7/c1-11(2)5-6-13-17(28-4)9-18-19(21(13)26)14(10-23)22(29-18)20-15(24)7-12(27-3)8-16(20)25/h5,7-9,23-26H,6,10H2,1-4H3. The van der Waals surface area contributed by atoms with Gasteiger partial charge in [0.15, 0.2) is 0 Å². The van der Waals surface area contributed by atoms with Crippen molar-refractivity contribution in [1.82, 2.24) is 0 Å². The van der Waals surface area contributed by atoms with Gasteiger partial charge in [-0.3, -0.25) is 0 Å². The first kappa shape index (κ1) is 20.4. The number of ether oxygens (including phenoxy) is 2. The van der Waals surface area contributed by atoms with Gasteiger partial charge in [0, 0.05) is 29.3 Å².